The van der Waals surface area contributed by atoms with E-state index >= 15 is 0 Å². The number of furan rings is 1. The molecule has 1 heterocycles. The third-order valence-electron chi connectivity index (χ3n) is 2.06. The van der Waals surface area contributed by atoms with Gasteiger partial charge in [-0.2, -0.15) is 0 Å². The van der Waals surface area contributed by atoms with Gasteiger partial charge in [0.1, 0.15) is 0 Å². The molecule has 0 bridgehead atoms. The van der Waals surface area contributed by atoms with Crippen LogP contribution in [-0.2, 0) is 0 Å². The molecule has 1 amide bonds. The largest absolute Gasteiger partial charge is 0.444 e. The van der Waals surface area contributed by atoms with Crippen molar-refractivity contribution >= 4 is 62.3 Å². The van der Waals surface area contributed by atoms with Gasteiger partial charge in [0.2, 0.25) is 0 Å². The predicted octanol–water partition coefficient (Wildman–Crippen LogP) is 5.25. The molecule has 0 saturated carbocycles. The third-order valence-corrected chi connectivity index (χ3v) is 3.52. The fraction of sp³-hybridized carbons (Fsp3) is 0. The number of halogens is 4. The lowest BCUT2D eigenvalue weighted by atomic mass is 10.3. The van der Waals surface area contributed by atoms with E-state index in [2.05, 4.69) is 21.2 Å². The molecule has 1 aromatic carbocycles. The van der Waals surface area contributed by atoms with Crippen LogP contribution in [0.15, 0.2) is 33.4 Å². The van der Waals surface area contributed by atoms with Gasteiger partial charge in [-0.05, 0) is 40.2 Å². The molecule has 0 spiro atoms. The maximum absolute atomic E-state index is 11.8. The Bertz CT molecular complexity index is 612. The van der Waals surface area contributed by atoms with Crippen LogP contribution >= 0.6 is 50.7 Å². The van der Waals surface area contributed by atoms with E-state index in [9.17, 15) is 4.79 Å². The summed E-state index contributed by atoms with van der Waals surface area (Å²) in [5, 5.41) is 3.50. The summed E-state index contributed by atoms with van der Waals surface area (Å²) in [6.45, 7) is 0. The summed E-state index contributed by atoms with van der Waals surface area (Å²) in [5.41, 5.74) is 0.364. The number of hydrogen-bond donors (Lipinski definition) is 1. The molecule has 2 aromatic rings. The van der Waals surface area contributed by atoms with Crippen LogP contribution in [0.1, 0.15) is 10.6 Å². The maximum Gasteiger partial charge on any atom is 0.291 e. The highest BCUT2D eigenvalue weighted by Crippen LogP contribution is 2.32. The zero-order valence-electron chi connectivity index (χ0n) is 8.64. The molecular weight excluding hydrogens is 364 g/mol. The van der Waals surface area contributed by atoms with Crippen molar-refractivity contribution in [2.75, 3.05) is 5.32 Å². The quantitative estimate of drug-likeness (QED) is 0.734. The Labute approximate surface area is 126 Å². The molecule has 0 aliphatic rings. The minimum Gasteiger partial charge on any atom is -0.444 e. The molecule has 3 nitrogen and oxygen atoms in total. The first-order valence-electron chi connectivity index (χ1n) is 4.68. The number of carbonyl (C=O) groups is 1. The normalized spacial score (nSPS) is 10.4. The van der Waals surface area contributed by atoms with Crippen LogP contribution in [-0.4, -0.2) is 5.91 Å². The van der Waals surface area contributed by atoms with Crippen molar-refractivity contribution in [2.45, 2.75) is 0 Å². The molecule has 1 N–H and O–H groups in total. The second-order valence-electron chi connectivity index (χ2n) is 3.30. The van der Waals surface area contributed by atoms with Gasteiger partial charge in [0, 0.05) is 0 Å². The summed E-state index contributed by atoms with van der Waals surface area (Å²) < 4.78 is 5.58. The summed E-state index contributed by atoms with van der Waals surface area (Å²) in [6.07, 6.45) is 0. The Morgan fingerprint density at radius 1 is 1.11 bits per heavy atom. The Kier molecular flexibility index (Phi) is 4.22. The van der Waals surface area contributed by atoms with Crippen molar-refractivity contribution in [3.63, 3.8) is 0 Å². The SMILES string of the molecule is O=C(Nc1cc(Cl)c(Cl)cc1Cl)c1ccc(Br)o1. The smallest absolute Gasteiger partial charge is 0.291 e. The van der Waals surface area contributed by atoms with Gasteiger partial charge in [-0.25, -0.2) is 0 Å². The first-order valence-corrected chi connectivity index (χ1v) is 6.61. The topological polar surface area (TPSA) is 42.2 Å². The predicted molar refractivity (Wildman–Crippen MR) is 75.8 cm³/mol. The summed E-state index contributed by atoms with van der Waals surface area (Å²) in [5.74, 6) is -0.273. The van der Waals surface area contributed by atoms with Gasteiger partial charge in [0.05, 0.1) is 20.8 Å². The molecule has 18 heavy (non-hydrogen) atoms. The second-order valence-corrected chi connectivity index (χ2v) is 5.31. The molecule has 0 radical (unpaired) electrons. The van der Waals surface area contributed by atoms with Gasteiger partial charge < -0.3 is 9.73 Å². The third kappa shape index (κ3) is 3.01. The number of rotatable bonds is 2. The highest BCUT2D eigenvalue weighted by Gasteiger charge is 2.13. The second kappa shape index (κ2) is 5.53. The Balaban J connectivity index is 2.24. The molecule has 2 rings (SSSR count). The van der Waals surface area contributed by atoms with E-state index < -0.39 is 5.91 Å². The monoisotopic (exact) mass is 367 g/mol. The van der Waals surface area contributed by atoms with E-state index in [0.29, 0.717) is 25.4 Å². The van der Waals surface area contributed by atoms with Gasteiger partial charge in [0.25, 0.3) is 5.91 Å². The number of amides is 1. The number of carbonyl (C=O) groups excluding carboxylic acids is 1. The molecular formula is C11H5BrCl3NO2. The van der Waals surface area contributed by atoms with Crippen molar-refractivity contribution in [2.24, 2.45) is 0 Å². The molecule has 0 saturated heterocycles. The minimum absolute atomic E-state index is 0.156. The fourth-order valence-corrected chi connectivity index (χ4v) is 2.14. The molecule has 0 aliphatic heterocycles. The van der Waals surface area contributed by atoms with E-state index in [1.807, 2.05) is 0 Å². The van der Waals surface area contributed by atoms with E-state index in [1.165, 1.54) is 18.2 Å². The van der Waals surface area contributed by atoms with Gasteiger partial charge in [0.15, 0.2) is 10.4 Å². The lowest BCUT2D eigenvalue weighted by Gasteiger charge is -2.07. The Morgan fingerprint density at radius 3 is 2.39 bits per heavy atom. The van der Waals surface area contributed by atoms with Crippen LogP contribution in [0.2, 0.25) is 15.1 Å². The van der Waals surface area contributed by atoms with E-state index in [0.717, 1.165) is 0 Å². The zero-order valence-corrected chi connectivity index (χ0v) is 12.5. The van der Waals surface area contributed by atoms with Gasteiger partial charge in [-0.15, -0.1) is 0 Å². The van der Waals surface area contributed by atoms with Gasteiger partial charge >= 0.3 is 0 Å². The highest BCUT2D eigenvalue weighted by atomic mass is 79.9. The average Bonchev–Trinajstić information content (AvgIpc) is 2.73. The van der Waals surface area contributed by atoms with Crippen LogP contribution in [0.3, 0.4) is 0 Å². The molecule has 0 atom stereocenters. The molecule has 1 aromatic heterocycles. The summed E-state index contributed by atoms with van der Waals surface area (Å²) in [4.78, 5) is 11.8. The molecule has 0 aliphatic carbocycles. The minimum atomic E-state index is -0.430. The van der Waals surface area contributed by atoms with Crippen LogP contribution in [0.25, 0.3) is 0 Å². The molecule has 7 heteroatoms. The Hall–Kier alpha value is -0.680. The summed E-state index contributed by atoms with van der Waals surface area (Å²) in [7, 11) is 0. The number of benzene rings is 1. The van der Waals surface area contributed by atoms with Crippen molar-refractivity contribution in [1.82, 2.24) is 0 Å². The first-order chi connectivity index (χ1) is 8.47. The van der Waals surface area contributed by atoms with Crippen LogP contribution in [0.5, 0.6) is 0 Å². The van der Waals surface area contributed by atoms with Gasteiger partial charge in [-0.1, -0.05) is 34.8 Å². The van der Waals surface area contributed by atoms with Crippen LogP contribution in [0.4, 0.5) is 5.69 Å². The number of hydrogen-bond acceptors (Lipinski definition) is 2. The molecule has 94 valence electrons. The highest BCUT2D eigenvalue weighted by molar-refractivity contribution is 9.10. The number of anilines is 1. The lowest BCUT2D eigenvalue weighted by molar-refractivity contribution is 0.0995. The van der Waals surface area contributed by atoms with Crippen molar-refractivity contribution in [3.8, 4) is 0 Å². The Morgan fingerprint density at radius 2 is 1.78 bits per heavy atom. The standard InChI is InChI=1S/C11H5BrCl3NO2/c12-10-2-1-9(18-10)11(17)16-8-4-6(14)5(13)3-7(8)15/h1-4H,(H,16,17). The molecule has 0 fully saturated rings. The lowest BCUT2D eigenvalue weighted by Crippen LogP contribution is -2.11. The van der Waals surface area contributed by atoms with Crippen molar-refractivity contribution < 1.29 is 9.21 Å². The van der Waals surface area contributed by atoms with E-state index in [4.69, 9.17) is 39.2 Å². The first kappa shape index (κ1) is 13.7. The van der Waals surface area contributed by atoms with E-state index in [1.54, 1.807) is 6.07 Å². The number of nitrogens with one attached hydrogen (secondary N) is 1. The van der Waals surface area contributed by atoms with Crippen LogP contribution in [0, 0.1) is 0 Å². The average molecular weight is 369 g/mol. The van der Waals surface area contributed by atoms with Crippen molar-refractivity contribution in [3.05, 3.63) is 49.8 Å². The maximum atomic E-state index is 11.8. The summed E-state index contributed by atoms with van der Waals surface area (Å²) in [6, 6.07) is 6.08. The van der Waals surface area contributed by atoms with Crippen LogP contribution < -0.4 is 5.32 Å². The summed E-state index contributed by atoms with van der Waals surface area (Å²) >= 11 is 20.7. The van der Waals surface area contributed by atoms with Crippen molar-refractivity contribution in [1.29, 1.82) is 0 Å². The zero-order chi connectivity index (χ0) is 13.3. The van der Waals surface area contributed by atoms with Gasteiger partial charge in [-0.3, -0.25) is 4.79 Å². The van der Waals surface area contributed by atoms with E-state index in [-0.39, 0.29) is 5.76 Å². The molecule has 0 unspecified atom stereocenters. The fourth-order valence-electron chi connectivity index (χ4n) is 1.24.